The van der Waals surface area contributed by atoms with Crippen molar-refractivity contribution < 1.29 is 23.2 Å². The Morgan fingerprint density at radius 2 is 2.05 bits per heavy atom. The van der Waals surface area contributed by atoms with Crippen molar-refractivity contribution >= 4 is 11.4 Å². The summed E-state index contributed by atoms with van der Waals surface area (Å²) in [5, 5.41) is 19.7. The number of alkyl halides is 3. The minimum atomic E-state index is -4.61. The van der Waals surface area contributed by atoms with Crippen LogP contribution in [0.1, 0.15) is 5.56 Å². The van der Waals surface area contributed by atoms with Crippen LogP contribution in [-0.4, -0.2) is 29.7 Å². The second kappa shape index (κ2) is 4.69. The van der Waals surface area contributed by atoms with Gasteiger partial charge in [-0.15, -0.1) is 0 Å². The van der Waals surface area contributed by atoms with E-state index in [4.69, 9.17) is 5.11 Å². The quantitative estimate of drug-likeness (QED) is 0.677. The molecule has 1 fully saturated rings. The van der Waals surface area contributed by atoms with Gasteiger partial charge in [-0.3, -0.25) is 10.1 Å². The van der Waals surface area contributed by atoms with E-state index in [1.54, 1.807) is 4.90 Å². The topological polar surface area (TPSA) is 66.6 Å². The summed E-state index contributed by atoms with van der Waals surface area (Å²) >= 11 is 0. The van der Waals surface area contributed by atoms with Crippen molar-refractivity contribution in [1.29, 1.82) is 0 Å². The zero-order valence-electron chi connectivity index (χ0n) is 9.72. The van der Waals surface area contributed by atoms with E-state index in [0.29, 0.717) is 19.2 Å². The fourth-order valence-electron chi connectivity index (χ4n) is 2.00. The molecule has 8 heteroatoms. The van der Waals surface area contributed by atoms with Gasteiger partial charge in [0.1, 0.15) is 5.69 Å². The molecule has 1 N–H and O–H groups in total. The third-order valence-electron chi connectivity index (χ3n) is 3.06. The summed E-state index contributed by atoms with van der Waals surface area (Å²) in [6, 6.07) is 2.48. The summed E-state index contributed by atoms with van der Waals surface area (Å²) in [6.07, 6.45) is -4.61. The zero-order valence-corrected chi connectivity index (χ0v) is 9.72. The van der Waals surface area contributed by atoms with E-state index in [0.717, 1.165) is 12.1 Å². The first-order valence-electron chi connectivity index (χ1n) is 5.54. The summed E-state index contributed by atoms with van der Waals surface area (Å²) in [5.74, 6) is 0.0156. The Balaban J connectivity index is 2.32. The lowest BCUT2D eigenvalue weighted by Crippen LogP contribution is -2.48. The van der Waals surface area contributed by atoms with Crippen molar-refractivity contribution in [2.24, 2.45) is 5.92 Å². The maximum atomic E-state index is 12.5. The van der Waals surface area contributed by atoms with E-state index in [9.17, 15) is 23.3 Å². The van der Waals surface area contributed by atoms with E-state index < -0.39 is 22.4 Å². The number of benzene rings is 1. The van der Waals surface area contributed by atoms with Gasteiger partial charge in [0.05, 0.1) is 10.5 Å². The summed E-state index contributed by atoms with van der Waals surface area (Å²) < 4.78 is 37.5. The van der Waals surface area contributed by atoms with Gasteiger partial charge in [0.2, 0.25) is 0 Å². The molecule has 5 nitrogen and oxygen atoms in total. The van der Waals surface area contributed by atoms with Crippen molar-refractivity contribution in [1.82, 2.24) is 0 Å². The van der Waals surface area contributed by atoms with E-state index in [1.165, 1.54) is 0 Å². The first-order valence-corrected chi connectivity index (χ1v) is 5.54. The SMILES string of the molecule is O=[N+]([O-])c1cc(C(F)(F)F)ccc1N1CC(CO)C1. The van der Waals surface area contributed by atoms with E-state index >= 15 is 0 Å². The molecule has 0 aromatic heterocycles. The highest BCUT2D eigenvalue weighted by atomic mass is 19.4. The smallest absolute Gasteiger partial charge is 0.396 e. The van der Waals surface area contributed by atoms with E-state index in [1.807, 2.05) is 0 Å². The predicted octanol–water partition coefficient (Wildman–Crippen LogP) is 2.04. The molecule has 1 heterocycles. The molecule has 104 valence electrons. The van der Waals surface area contributed by atoms with Crippen LogP contribution >= 0.6 is 0 Å². The number of hydrogen-bond acceptors (Lipinski definition) is 4. The third-order valence-corrected chi connectivity index (χ3v) is 3.06. The second-order valence-electron chi connectivity index (χ2n) is 4.41. The maximum absolute atomic E-state index is 12.5. The molecule has 0 unspecified atom stereocenters. The third kappa shape index (κ3) is 2.62. The Hall–Kier alpha value is -1.83. The molecule has 0 spiro atoms. The Kier molecular flexibility index (Phi) is 3.36. The Labute approximate surface area is 106 Å². The average Bonchev–Trinajstić information content (AvgIpc) is 2.26. The van der Waals surface area contributed by atoms with Crippen LogP contribution in [0.25, 0.3) is 0 Å². The molecule has 0 radical (unpaired) electrons. The van der Waals surface area contributed by atoms with Gasteiger partial charge < -0.3 is 10.0 Å². The molecule has 19 heavy (non-hydrogen) atoms. The minimum absolute atomic E-state index is 0.0156. The van der Waals surface area contributed by atoms with Gasteiger partial charge in [-0.1, -0.05) is 0 Å². The molecular weight excluding hydrogens is 265 g/mol. The number of nitro groups is 1. The molecule has 0 bridgehead atoms. The monoisotopic (exact) mass is 276 g/mol. The summed E-state index contributed by atoms with van der Waals surface area (Å²) in [4.78, 5) is 11.6. The highest BCUT2D eigenvalue weighted by Gasteiger charge is 2.36. The fourth-order valence-corrected chi connectivity index (χ4v) is 2.00. The van der Waals surface area contributed by atoms with Crippen LogP contribution in [0.3, 0.4) is 0 Å². The molecule has 1 aromatic rings. The number of aliphatic hydroxyl groups excluding tert-OH is 1. The van der Waals surface area contributed by atoms with Crippen LogP contribution < -0.4 is 4.90 Å². The molecular formula is C11H11F3N2O3. The maximum Gasteiger partial charge on any atom is 0.416 e. The number of rotatable bonds is 3. The van der Waals surface area contributed by atoms with E-state index in [2.05, 4.69) is 0 Å². The van der Waals surface area contributed by atoms with Crippen LogP contribution in [-0.2, 0) is 6.18 Å². The number of anilines is 1. The Morgan fingerprint density at radius 1 is 1.42 bits per heavy atom. The number of aliphatic hydroxyl groups is 1. The van der Waals surface area contributed by atoms with Crippen LogP contribution in [0.5, 0.6) is 0 Å². The molecule has 0 amide bonds. The summed E-state index contributed by atoms with van der Waals surface area (Å²) in [5.41, 5.74) is -1.45. The van der Waals surface area contributed by atoms with Crippen molar-refractivity contribution in [2.75, 3.05) is 24.6 Å². The number of hydrogen-bond donors (Lipinski definition) is 1. The number of nitro benzene ring substituents is 1. The largest absolute Gasteiger partial charge is 0.416 e. The molecule has 1 saturated heterocycles. The first-order chi connectivity index (χ1) is 8.82. The van der Waals surface area contributed by atoms with Gasteiger partial charge in [-0.05, 0) is 12.1 Å². The zero-order chi connectivity index (χ0) is 14.2. The van der Waals surface area contributed by atoms with Gasteiger partial charge in [-0.2, -0.15) is 13.2 Å². The normalized spacial score (nSPS) is 16.3. The lowest BCUT2D eigenvalue weighted by Gasteiger charge is -2.39. The standard InChI is InChI=1S/C11H11F3N2O3/c12-11(13,14)8-1-2-9(10(3-8)16(18)19)15-4-7(5-15)6-17/h1-3,7,17H,4-6H2. The molecule has 2 rings (SSSR count). The highest BCUT2D eigenvalue weighted by Crippen LogP contribution is 2.38. The molecule has 0 atom stereocenters. The van der Waals surface area contributed by atoms with Crippen LogP contribution in [0.15, 0.2) is 18.2 Å². The van der Waals surface area contributed by atoms with Gasteiger partial charge in [0, 0.05) is 31.7 Å². The van der Waals surface area contributed by atoms with Gasteiger partial charge in [-0.25, -0.2) is 0 Å². The molecule has 0 saturated carbocycles. The van der Waals surface area contributed by atoms with Crippen molar-refractivity contribution in [2.45, 2.75) is 6.18 Å². The number of nitrogens with zero attached hydrogens (tertiary/aromatic N) is 2. The fraction of sp³-hybridized carbons (Fsp3) is 0.455. The van der Waals surface area contributed by atoms with Gasteiger partial charge in [0.15, 0.2) is 0 Å². The van der Waals surface area contributed by atoms with Gasteiger partial charge >= 0.3 is 6.18 Å². The molecule has 1 aliphatic heterocycles. The Morgan fingerprint density at radius 3 is 2.53 bits per heavy atom. The molecule has 1 aromatic carbocycles. The van der Waals surface area contributed by atoms with E-state index in [-0.39, 0.29) is 18.2 Å². The lowest BCUT2D eigenvalue weighted by molar-refractivity contribution is -0.384. The lowest BCUT2D eigenvalue weighted by atomic mass is 9.99. The highest BCUT2D eigenvalue weighted by molar-refractivity contribution is 5.65. The van der Waals surface area contributed by atoms with Crippen molar-refractivity contribution in [3.63, 3.8) is 0 Å². The molecule has 0 aliphatic carbocycles. The van der Waals surface area contributed by atoms with Crippen LogP contribution in [0.4, 0.5) is 24.5 Å². The minimum Gasteiger partial charge on any atom is -0.396 e. The van der Waals surface area contributed by atoms with Crippen LogP contribution in [0.2, 0.25) is 0 Å². The second-order valence-corrected chi connectivity index (χ2v) is 4.41. The summed E-state index contributed by atoms with van der Waals surface area (Å²) in [6.45, 7) is 0.774. The van der Waals surface area contributed by atoms with Crippen molar-refractivity contribution in [3.8, 4) is 0 Å². The number of halogens is 3. The first kappa shape index (κ1) is 13.6. The average molecular weight is 276 g/mol. The summed E-state index contributed by atoms with van der Waals surface area (Å²) in [7, 11) is 0. The predicted molar refractivity (Wildman–Crippen MR) is 60.9 cm³/mol. The van der Waals surface area contributed by atoms with Gasteiger partial charge in [0.25, 0.3) is 5.69 Å². The van der Waals surface area contributed by atoms with Crippen LogP contribution in [0, 0.1) is 16.0 Å². The molecule has 1 aliphatic rings. The van der Waals surface area contributed by atoms with Crippen molar-refractivity contribution in [3.05, 3.63) is 33.9 Å². The Bertz CT molecular complexity index is 498.